The van der Waals surface area contributed by atoms with Gasteiger partial charge >= 0.3 is 0 Å². The summed E-state index contributed by atoms with van der Waals surface area (Å²) in [6, 6.07) is 5.28. The van der Waals surface area contributed by atoms with Gasteiger partial charge in [-0.2, -0.15) is 0 Å². The van der Waals surface area contributed by atoms with E-state index in [0.717, 1.165) is 12.8 Å². The number of rotatable bonds is 5. The molecule has 21 heavy (non-hydrogen) atoms. The van der Waals surface area contributed by atoms with Crippen LogP contribution in [-0.2, 0) is 4.74 Å². The minimum Gasteiger partial charge on any atom is -0.490 e. The van der Waals surface area contributed by atoms with E-state index in [-0.39, 0.29) is 11.9 Å². The minimum atomic E-state index is -0.0585. The van der Waals surface area contributed by atoms with Crippen molar-refractivity contribution in [3.05, 3.63) is 28.8 Å². The number of nitrogens with zero attached hydrogens (tertiary/aromatic N) is 1. The third kappa shape index (κ3) is 4.33. The summed E-state index contributed by atoms with van der Waals surface area (Å²) in [6.45, 7) is 2.20. The van der Waals surface area contributed by atoms with Gasteiger partial charge in [-0.3, -0.25) is 4.79 Å². The number of likely N-dealkylation sites (tertiary alicyclic amines) is 1. The summed E-state index contributed by atoms with van der Waals surface area (Å²) in [4.78, 5) is 14.4. The molecule has 0 radical (unpaired) electrons. The Labute approximate surface area is 130 Å². The zero-order chi connectivity index (χ0) is 15.2. The minimum absolute atomic E-state index is 0.0585. The molecule has 2 N–H and O–H groups in total. The molecular weight excluding hydrogens is 292 g/mol. The van der Waals surface area contributed by atoms with E-state index in [4.69, 9.17) is 26.8 Å². The highest BCUT2D eigenvalue weighted by Crippen LogP contribution is 2.25. The molecule has 6 heteroatoms. The maximum atomic E-state index is 12.6. The van der Waals surface area contributed by atoms with E-state index >= 15 is 0 Å². The summed E-state index contributed by atoms with van der Waals surface area (Å²) < 4.78 is 10.6. The lowest BCUT2D eigenvalue weighted by Crippen LogP contribution is -2.43. The van der Waals surface area contributed by atoms with Gasteiger partial charge in [0.15, 0.2) is 0 Å². The molecule has 0 aliphatic carbocycles. The number of methoxy groups -OCH3 is 1. The molecule has 1 fully saturated rings. The fourth-order valence-electron chi connectivity index (χ4n) is 2.30. The van der Waals surface area contributed by atoms with E-state index in [2.05, 4.69) is 0 Å². The number of nitrogens with two attached hydrogens (primary N) is 1. The van der Waals surface area contributed by atoms with Crippen molar-refractivity contribution in [2.75, 3.05) is 33.4 Å². The fraction of sp³-hybridized carbons (Fsp3) is 0.533. The number of amides is 1. The van der Waals surface area contributed by atoms with Gasteiger partial charge in [-0.1, -0.05) is 11.6 Å². The predicted molar refractivity (Wildman–Crippen MR) is 81.9 cm³/mol. The second-order valence-corrected chi connectivity index (χ2v) is 5.55. The van der Waals surface area contributed by atoms with Gasteiger partial charge in [0.05, 0.1) is 12.2 Å². The quantitative estimate of drug-likeness (QED) is 0.844. The molecule has 2 rings (SSSR count). The summed E-state index contributed by atoms with van der Waals surface area (Å²) >= 11 is 6.01. The van der Waals surface area contributed by atoms with E-state index in [9.17, 15) is 4.79 Å². The summed E-state index contributed by atoms with van der Waals surface area (Å²) in [5.41, 5.74) is 6.37. The second kappa shape index (κ2) is 7.64. The van der Waals surface area contributed by atoms with Crippen LogP contribution in [0.15, 0.2) is 18.2 Å². The monoisotopic (exact) mass is 312 g/mol. The van der Waals surface area contributed by atoms with Gasteiger partial charge in [0.25, 0.3) is 5.91 Å². The predicted octanol–water partition coefficient (Wildman–Crippen LogP) is 1.93. The van der Waals surface area contributed by atoms with Crippen molar-refractivity contribution < 1.29 is 14.3 Å². The number of benzene rings is 1. The second-order valence-electron chi connectivity index (χ2n) is 5.11. The molecule has 0 aromatic heterocycles. The van der Waals surface area contributed by atoms with Gasteiger partial charge < -0.3 is 20.1 Å². The molecular formula is C15H21ClN2O3. The Morgan fingerprint density at radius 2 is 2.10 bits per heavy atom. The van der Waals surface area contributed by atoms with Crippen LogP contribution in [0.3, 0.4) is 0 Å². The summed E-state index contributed by atoms with van der Waals surface area (Å²) in [5, 5.41) is 0.520. The molecule has 0 unspecified atom stereocenters. The third-order valence-electron chi connectivity index (χ3n) is 3.54. The highest BCUT2D eigenvalue weighted by atomic mass is 35.5. The van der Waals surface area contributed by atoms with Gasteiger partial charge in [-0.05, 0) is 31.0 Å². The van der Waals surface area contributed by atoms with Crippen molar-refractivity contribution in [2.45, 2.75) is 18.9 Å². The SMILES string of the molecule is COCCOc1ccc(Cl)cc1C(=O)N1CCC(N)CC1. The normalized spacial score (nSPS) is 16.0. The molecule has 1 aromatic carbocycles. The first-order valence-corrected chi connectivity index (χ1v) is 7.45. The van der Waals surface area contributed by atoms with E-state index in [1.807, 2.05) is 0 Å². The van der Waals surface area contributed by atoms with Gasteiger partial charge in [0.2, 0.25) is 0 Å². The topological polar surface area (TPSA) is 64.8 Å². The highest BCUT2D eigenvalue weighted by Gasteiger charge is 2.24. The summed E-state index contributed by atoms with van der Waals surface area (Å²) in [5.74, 6) is 0.480. The van der Waals surface area contributed by atoms with E-state index in [1.54, 1.807) is 30.2 Å². The van der Waals surface area contributed by atoms with Crippen molar-refractivity contribution >= 4 is 17.5 Å². The molecule has 1 saturated heterocycles. The van der Waals surface area contributed by atoms with Crippen LogP contribution < -0.4 is 10.5 Å². The average molecular weight is 313 g/mol. The third-order valence-corrected chi connectivity index (χ3v) is 3.78. The lowest BCUT2D eigenvalue weighted by Gasteiger charge is -2.30. The smallest absolute Gasteiger partial charge is 0.257 e. The number of halogens is 1. The van der Waals surface area contributed by atoms with Crippen LogP contribution in [0.2, 0.25) is 5.02 Å². The molecule has 1 aromatic rings. The maximum Gasteiger partial charge on any atom is 0.257 e. The Morgan fingerprint density at radius 1 is 1.38 bits per heavy atom. The van der Waals surface area contributed by atoms with Crippen LogP contribution in [-0.4, -0.2) is 50.3 Å². The number of hydrogen-bond acceptors (Lipinski definition) is 4. The van der Waals surface area contributed by atoms with Crippen molar-refractivity contribution in [3.8, 4) is 5.75 Å². The van der Waals surface area contributed by atoms with Crippen molar-refractivity contribution in [3.63, 3.8) is 0 Å². The molecule has 1 heterocycles. The molecule has 0 saturated carbocycles. The first-order valence-electron chi connectivity index (χ1n) is 7.08. The Morgan fingerprint density at radius 3 is 2.76 bits per heavy atom. The molecule has 0 bridgehead atoms. The summed E-state index contributed by atoms with van der Waals surface area (Å²) in [7, 11) is 1.61. The van der Waals surface area contributed by atoms with Crippen LogP contribution in [0.25, 0.3) is 0 Å². The van der Waals surface area contributed by atoms with Crippen molar-refractivity contribution in [1.29, 1.82) is 0 Å². The van der Waals surface area contributed by atoms with Gasteiger partial charge in [0.1, 0.15) is 12.4 Å². The summed E-state index contributed by atoms with van der Waals surface area (Å²) in [6.07, 6.45) is 1.65. The molecule has 1 aliphatic heterocycles. The Balaban J connectivity index is 2.12. The number of carbonyl (C=O) groups excluding carboxylic acids is 1. The average Bonchev–Trinajstić information content (AvgIpc) is 2.49. The molecule has 1 amide bonds. The van der Waals surface area contributed by atoms with Crippen LogP contribution in [0.5, 0.6) is 5.75 Å². The van der Waals surface area contributed by atoms with E-state index < -0.39 is 0 Å². The van der Waals surface area contributed by atoms with Gasteiger partial charge in [-0.25, -0.2) is 0 Å². The van der Waals surface area contributed by atoms with Gasteiger partial charge in [0, 0.05) is 31.3 Å². The van der Waals surface area contributed by atoms with Crippen LogP contribution in [0.4, 0.5) is 0 Å². The highest BCUT2D eigenvalue weighted by molar-refractivity contribution is 6.31. The molecule has 0 spiro atoms. The Hall–Kier alpha value is -1.30. The van der Waals surface area contributed by atoms with E-state index in [1.165, 1.54) is 0 Å². The van der Waals surface area contributed by atoms with Crippen LogP contribution >= 0.6 is 11.6 Å². The van der Waals surface area contributed by atoms with E-state index in [0.29, 0.717) is 42.6 Å². The van der Waals surface area contributed by atoms with Crippen LogP contribution in [0.1, 0.15) is 23.2 Å². The largest absolute Gasteiger partial charge is 0.490 e. The number of hydrogen-bond donors (Lipinski definition) is 1. The van der Waals surface area contributed by atoms with Crippen molar-refractivity contribution in [1.82, 2.24) is 4.90 Å². The van der Waals surface area contributed by atoms with Crippen LogP contribution in [0, 0.1) is 0 Å². The van der Waals surface area contributed by atoms with Gasteiger partial charge in [-0.15, -0.1) is 0 Å². The zero-order valence-corrected chi connectivity index (χ0v) is 12.9. The molecule has 5 nitrogen and oxygen atoms in total. The lowest BCUT2D eigenvalue weighted by molar-refractivity contribution is 0.0708. The molecule has 0 atom stereocenters. The standard InChI is InChI=1S/C15H21ClN2O3/c1-20-8-9-21-14-3-2-11(16)10-13(14)15(19)18-6-4-12(17)5-7-18/h2-3,10,12H,4-9,17H2,1H3. The Bertz CT molecular complexity index is 488. The number of carbonyl (C=O) groups is 1. The lowest BCUT2D eigenvalue weighted by atomic mass is 10.0. The molecule has 1 aliphatic rings. The van der Waals surface area contributed by atoms with Crippen molar-refractivity contribution in [2.24, 2.45) is 5.73 Å². The fourth-order valence-corrected chi connectivity index (χ4v) is 2.48. The zero-order valence-electron chi connectivity index (χ0n) is 12.2. The number of ether oxygens (including phenoxy) is 2. The first-order chi connectivity index (χ1) is 10.1. The Kier molecular flexibility index (Phi) is 5.85. The first kappa shape index (κ1) is 16.1. The molecule has 116 valence electrons. The maximum absolute atomic E-state index is 12.6. The number of piperidine rings is 1.